The number of rotatable bonds is 6. The highest BCUT2D eigenvalue weighted by Crippen LogP contribution is 2.32. The third kappa shape index (κ3) is 3.74. The Hall–Kier alpha value is -4.04. The SMILES string of the molecule is C=CCN(C(=O)c1cc(-c2ccco2)nc2c1c(C)nn2C)c1nc(-c2ccccc2)cs1. The summed E-state index contributed by atoms with van der Waals surface area (Å²) in [7, 11) is 1.82. The van der Waals surface area contributed by atoms with Crippen LogP contribution in [0, 0.1) is 6.92 Å². The summed E-state index contributed by atoms with van der Waals surface area (Å²) in [6, 6.07) is 15.3. The van der Waals surface area contributed by atoms with Crippen molar-refractivity contribution in [2.45, 2.75) is 6.92 Å². The monoisotopic (exact) mass is 455 g/mol. The van der Waals surface area contributed by atoms with Gasteiger partial charge in [0.25, 0.3) is 5.91 Å². The van der Waals surface area contributed by atoms with Crippen LogP contribution in [0.5, 0.6) is 0 Å². The first-order valence-electron chi connectivity index (χ1n) is 10.4. The summed E-state index contributed by atoms with van der Waals surface area (Å²) in [6.07, 6.45) is 3.28. The number of nitrogens with zero attached hydrogens (tertiary/aromatic N) is 5. The molecule has 5 rings (SSSR count). The number of thiazole rings is 1. The van der Waals surface area contributed by atoms with Crippen LogP contribution >= 0.6 is 11.3 Å². The first-order chi connectivity index (χ1) is 16.1. The Labute approximate surface area is 194 Å². The second-order valence-electron chi connectivity index (χ2n) is 7.53. The molecular formula is C25H21N5O2S. The van der Waals surface area contributed by atoms with Crippen LogP contribution in [0.25, 0.3) is 33.7 Å². The van der Waals surface area contributed by atoms with Gasteiger partial charge in [-0.2, -0.15) is 5.10 Å². The van der Waals surface area contributed by atoms with Crippen molar-refractivity contribution >= 4 is 33.4 Å². The van der Waals surface area contributed by atoms with Crippen molar-refractivity contribution in [1.29, 1.82) is 0 Å². The van der Waals surface area contributed by atoms with E-state index in [0.29, 0.717) is 39.7 Å². The zero-order valence-electron chi connectivity index (χ0n) is 18.2. The standard InChI is InChI=1S/C25H21N5O2S/c1-4-12-30(25-27-20(15-33-25)17-9-6-5-7-10-17)24(31)18-14-19(21-11-8-13-32-21)26-23-22(18)16(2)28-29(23)3/h4-11,13-15H,1,12H2,2-3H3. The predicted octanol–water partition coefficient (Wildman–Crippen LogP) is 5.49. The fraction of sp³-hybridized carbons (Fsp3) is 0.120. The highest BCUT2D eigenvalue weighted by Gasteiger charge is 2.26. The molecule has 33 heavy (non-hydrogen) atoms. The number of carbonyl (C=O) groups is 1. The lowest BCUT2D eigenvalue weighted by Gasteiger charge is -2.19. The Morgan fingerprint density at radius 3 is 2.73 bits per heavy atom. The predicted molar refractivity (Wildman–Crippen MR) is 130 cm³/mol. The smallest absolute Gasteiger partial charge is 0.261 e. The van der Waals surface area contributed by atoms with Gasteiger partial charge in [-0.3, -0.25) is 14.4 Å². The highest BCUT2D eigenvalue weighted by atomic mass is 32.1. The van der Waals surface area contributed by atoms with E-state index in [4.69, 9.17) is 14.4 Å². The van der Waals surface area contributed by atoms with Gasteiger partial charge in [-0.15, -0.1) is 17.9 Å². The quantitative estimate of drug-likeness (QED) is 0.316. The van der Waals surface area contributed by atoms with E-state index < -0.39 is 0 Å². The number of aryl methyl sites for hydroxylation is 2. The lowest BCUT2D eigenvalue weighted by atomic mass is 10.1. The summed E-state index contributed by atoms with van der Waals surface area (Å²) < 4.78 is 7.23. The summed E-state index contributed by atoms with van der Waals surface area (Å²) in [4.78, 5) is 25.0. The van der Waals surface area contributed by atoms with Crippen LogP contribution in [-0.4, -0.2) is 32.2 Å². The largest absolute Gasteiger partial charge is 0.463 e. The minimum atomic E-state index is -0.194. The summed E-state index contributed by atoms with van der Waals surface area (Å²) in [5, 5.41) is 7.77. The van der Waals surface area contributed by atoms with Gasteiger partial charge in [0.15, 0.2) is 16.5 Å². The van der Waals surface area contributed by atoms with Gasteiger partial charge in [0.2, 0.25) is 0 Å². The number of furan rings is 1. The third-order valence-corrected chi connectivity index (χ3v) is 6.19. The number of aromatic nitrogens is 4. The van der Waals surface area contributed by atoms with Gasteiger partial charge in [-0.05, 0) is 25.1 Å². The van der Waals surface area contributed by atoms with E-state index in [1.54, 1.807) is 34.1 Å². The van der Waals surface area contributed by atoms with Crippen LogP contribution in [0.3, 0.4) is 0 Å². The first kappa shape index (κ1) is 20.8. The number of benzene rings is 1. The van der Waals surface area contributed by atoms with Gasteiger partial charge >= 0.3 is 0 Å². The number of anilines is 1. The molecule has 0 radical (unpaired) electrons. The second-order valence-corrected chi connectivity index (χ2v) is 8.36. The number of hydrogen-bond donors (Lipinski definition) is 0. The van der Waals surface area contributed by atoms with Crippen molar-refractivity contribution in [3.05, 3.63) is 84.1 Å². The molecule has 8 heteroatoms. The van der Waals surface area contributed by atoms with Gasteiger partial charge in [-0.25, -0.2) is 9.97 Å². The number of hydrogen-bond acceptors (Lipinski definition) is 6. The molecule has 0 aliphatic carbocycles. The van der Waals surface area contributed by atoms with Crippen molar-refractivity contribution in [3.8, 4) is 22.7 Å². The van der Waals surface area contributed by atoms with Crippen molar-refractivity contribution in [3.63, 3.8) is 0 Å². The molecule has 0 aliphatic heterocycles. The second kappa shape index (κ2) is 8.48. The maximum atomic E-state index is 13.9. The topological polar surface area (TPSA) is 77.0 Å². The molecule has 0 saturated heterocycles. The van der Waals surface area contributed by atoms with Crippen LogP contribution in [0.1, 0.15) is 16.1 Å². The molecule has 7 nitrogen and oxygen atoms in total. The van der Waals surface area contributed by atoms with Crippen molar-refractivity contribution in [2.75, 3.05) is 11.4 Å². The van der Waals surface area contributed by atoms with E-state index >= 15 is 0 Å². The maximum Gasteiger partial charge on any atom is 0.261 e. The lowest BCUT2D eigenvalue weighted by molar-refractivity contribution is 0.0991. The van der Waals surface area contributed by atoms with Crippen molar-refractivity contribution in [2.24, 2.45) is 7.05 Å². The molecule has 0 N–H and O–H groups in total. The fourth-order valence-corrected chi connectivity index (χ4v) is 4.66. The summed E-state index contributed by atoms with van der Waals surface area (Å²) in [5.41, 5.74) is 4.24. The van der Waals surface area contributed by atoms with Gasteiger partial charge < -0.3 is 4.42 Å². The normalized spacial score (nSPS) is 11.1. The molecular weight excluding hydrogens is 434 g/mol. The fourth-order valence-electron chi connectivity index (χ4n) is 3.82. The Morgan fingerprint density at radius 2 is 2.00 bits per heavy atom. The zero-order chi connectivity index (χ0) is 22.9. The minimum Gasteiger partial charge on any atom is -0.463 e. The van der Waals surface area contributed by atoms with E-state index in [1.807, 2.05) is 55.7 Å². The molecule has 4 aromatic heterocycles. The maximum absolute atomic E-state index is 13.9. The molecule has 164 valence electrons. The van der Waals surface area contributed by atoms with E-state index in [2.05, 4.69) is 11.7 Å². The van der Waals surface area contributed by atoms with Gasteiger partial charge in [0, 0.05) is 24.5 Å². The van der Waals surface area contributed by atoms with Gasteiger partial charge in [0.1, 0.15) is 5.69 Å². The first-order valence-corrected chi connectivity index (χ1v) is 11.3. The molecule has 0 atom stereocenters. The molecule has 0 bridgehead atoms. The number of fused-ring (bicyclic) bond motifs is 1. The molecule has 0 saturated carbocycles. The average Bonchev–Trinajstić information content (AvgIpc) is 3.59. The Morgan fingerprint density at radius 1 is 1.18 bits per heavy atom. The molecule has 0 aliphatic rings. The van der Waals surface area contributed by atoms with Crippen LogP contribution < -0.4 is 4.90 Å². The van der Waals surface area contributed by atoms with E-state index in [9.17, 15) is 4.79 Å². The van der Waals surface area contributed by atoms with Crippen molar-refractivity contribution < 1.29 is 9.21 Å². The Kier molecular flexibility index (Phi) is 5.35. The van der Waals surface area contributed by atoms with E-state index in [1.165, 1.54) is 11.3 Å². The average molecular weight is 456 g/mol. The Balaban J connectivity index is 1.63. The molecule has 1 amide bonds. The van der Waals surface area contributed by atoms with Gasteiger partial charge in [0.05, 0.1) is 28.6 Å². The van der Waals surface area contributed by atoms with Crippen LogP contribution in [0.2, 0.25) is 0 Å². The van der Waals surface area contributed by atoms with Crippen LogP contribution in [-0.2, 0) is 7.05 Å². The van der Waals surface area contributed by atoms with E-state index in [-0.39, 0.29) is 5.91 Å². The molecule has 5 aromatic rings. The number of pyridine rings is 1. The zero-order valence-corrected chi connectivity index (χ0v) is 19.0. The Bertz CT molecular complexity index is 1450. The van der Waals surface area contributed by atoms with Crippen LogP contribution in [0.15, 0.2) is 77.2 Å². The molecule has 0 fully saturated rings. The molecule has 0 spiro atoms. The molecule has 1 aromatic carbocycles. The summed E-state index contributed by atoms with van der Waals surface area (Å²) in [5.74, 6) is 0.390. The van der Waals surface area contributed by atoms with E-state index in [0.717, 1.165) is 17.0 Å². The van der Waals surface area contributed by atoms with Crippen LogP contribution in [0.4, 0.5) is 5.13 Å². The summed E-state index contributed by atoms with van der Waals surface area (Å²) >= 11 is 1.42. The highest BCUT2D eigenvalue weighted by molar-refractivity contribution is 7.14. The third-order valence-electron chi connectivity index (χ3n) is 5.32. The van der Waals surface area contributed by atoms with Crippen molar-refractivity contribution in [1.82, 2.24) is 19.7 Å². The molecule has 0 unspecified atom stereocenters. The van der Waals surface area contributed by atoms with Gasteiger partial charge in [-0.1, -0.05) is 36.4 Å². The molecule has 4 heterocycles. The summed E-state index contributed by atoms with van der Waals surface area (Å²) in [6.45, 7) is 6.04. The minimum absolute atomic E-state index is 0.194. The number of amides is 1. The lowest BCUT2D eigenvalue weighted by Crippen LogP contribution is -2.31. The number of carbonyl (C=O) groups excluding carboxylic acids is 1.